The zero-order valence-corrected chi connectivity index (χ0v) is 7.89. The number of nitrogens with two attached hydrogens (primary N) is 1. The van der Waals surface area contributed by atoms with Crippen LogP contribution in [0, 0.1) is 0 Å². The Morgan fingerprint density at radius 3 is 2.70 bits per heavy atom. The van der Waals surface area contributed by atoms with E-state index in [0.29, 0.717) is 0 Å². The van der Waals surface area contributed by atoms with Crippen LogP contribution in [0.5, 0.6) is 0 Å². The Bertz CT molecular complexity index is 55.7. The fraction of sp³-hybridized carbons (Fsp3) is 1.00. The standard InChI is InChI=1S/C6H18N2OSi/c7-3-5-8-4-1-2-6-10-9/h8-9H,1-7,10H2. The SMILES string of the molecule is NCCNCCCC[SiH2]O. The summed E-state index contributed by atoms with van der Waals surface area (Å²) in [5.74, 6) is 0. The maximum absolute atomic E-state index is 8.57. The first-order valence-electron chi connectivity index (χ1n) is 3.93. The number of hydrogen-bond acceptors (Lipinski definition) is 3. The van der Waals surface area contributed by atoms with Crippen molar-refractivity contribution < 1.29 is 4.80 Å². The summed E-state index contributed by atoms with van der Waals surface area (Å²) in [7, 11) is -0.678. The van der Waals surface area contributed by atoms with Crippen molar-refractivity contribution in [2.45, 2.75) is 18.9 Å². The second-order valence-corrected chi connectivity index (χ2v) is 3.48. The molecular weight excluding hydrogens is 144 g/mol. The summed E-state index contributed by atoms with van der Waals surface area (Å²) < 4.78 is 0. The van der Waals surface area contributed by atoms with Crippen molar-refractivity contribution in [2.24, 2.45) is 5.73 Å². The largest absolute Gasteiger partial charge is 0.438 e. The topological polar surface area (TPSA) is 58.3 Å². The van der Waals surface area contributed by atoms with Crippen molar-refractivity contribution in [3.05, 3.63) is 0 Å². The van der Waals surface area contributed by atoms with Crippen molar-refractivity contribution in [1.82, 2.24) is 5.32 Å². The second kappa shape index (κ2) is 9.10. The molecule has 0 radical (unpaired) electrons. The molecule has 0 spiro atoms. The van der Waals surface area contributed by atoms with Gasteiger partial charge in [0, 0.05) is 13.1 Å². The molecule has 3 nitrogen and oxygen atoms in total. The van der Waals surface area contributed by atoms with Crippen LogP contribution in [0.25, 0.3) is 0 Å². The number of rotatable bonds is 7. The lowest BCUT2D eigenvalue weighted by molar-refractivity contribution is 0.586. The van der Waals surface area contributed by atoms with Crippen molar-refractivity contribution in [3.8, 4) is 0 Å². The molecule has 0 saturated heterocycles. The van der Waals surface area contributed by atoms with Gasteiger partial charge in [0.1, 0.15) is 0 Å². The van der Waals surface area contributed by atoms with Gasteiger partial charge in [-0.2, -0.15) is 0 Å². The Balaban J connectivity index is 2.65. The summed E-state index contributed by atoms with van der Waals surface area (Å²) >= 11 is 0. The minimum atomic E-state index is -0.678. The van der Waals surface area contributed by atoms with Crippen molar-refractivity contribution in [2.75, 3.05) is 19.6 Å². The number of unbranched alkanes of at least 4 members (excludes halogenated alkanes) is 1. The van der Waals surface area contributed by atoms with Crippen LogP contribution in [0.3, 0.4) is 0 Å². The monoisotopic (exact) mass is 162 g/mol. The van der Waals surface area contributed by atoms with Gasteiger partial charge in [-0.3, -0.25) is 0 Å². The average molecular weight is 162 g/mol. The van der Waals surface area contributed by atoms with Gasteiger partial charge in [0.25, 0.3) is 0 Å². The molecule has 0 aromatic carbocycles. The fourth-order valence-electron chi connectivity index (χ4n) is 0.766. The Morgan fingerprint density at radius 1 is 1.30 bits per heavy atom. The lowest BCUT2D eigenvalue weighted by Crippen LogP contribution is -2.23. The van der Waals surface area contributed by atoms with Gasteiger partial charge in [0.15, 0.2) is 9.76 Å². The van der Waals surface area contributed by atoms with E-state index in [4.69, 9.17) is 10.5 Å². The van der Waals surface area contributed by atoms with Crippen LogP contribution in [0.2, 0.25) is 6.04 Å². The fourth-order valence-corrected chi connectivity index (χ4v) is 1.34. The highest BCUT2D eigenvalue weighted by Crippen LogP contribution is 1.91. The van der Waals surface area contributed by atoms with Gasteiger partial charge in [-0.25, -0.2) is 0 Å². The molecular formula is C6H18N2OSi. The predicted octanol–water partition coefficient (Wildman–Crippen LogP) is -1.19. The molecule has 0 aliphatic rings. The Hall–Kier alpha value is 0.0969. The van der Waals surface area contributed by atoms with Crippen LogP contribution >= 0.6 is 0 Å². The van der Waals surface area contributed by atoms with Gasteiger partial charge in [-0.1, -0.05) is 6.42 Å². The van der Waals surface area contributed by atoms with Crippen LogP contribution < -0.4 is 11.1 Å². The lowest BCUT2D eigenvalue weighted by atomic mass is 10.3. The molecule has 10 heavy (non-hydrogen) atoms. The molecule has 0 bridgehead atoms. The second-order valence-electron chi connectivity index (χ2n) is 2.32. The first-order chi connectivity index (χ1) is 4.91. The van der Waals surface area contributed by atoms with E-state index in [0.717, 1.165) is 25.7 Å². The van der Waals surface area contributed by atoms with E-state index in [9.17, 15) is 0 Å². The molecule has 0 aliphatic carbocycles. The maximum atomic E-state index is 8.57. The van der Waals surface area contributed by atoms with Crippen LogP contribution in [0.4, 0.5) is 0 Å². The smallest absolute Gasteiger partial charge is 0.156 e. The highest BCUT2D eigenvalue weighted by Gasteiger charge is 1.87. The van der Waals surface area contributed by atoms with E-state index in [1.165, 1.54) is 12.8 Å². The van der Waals surface area contributed by atoms with E-state index in [1.807, 2.05) is 0 Å². The van der Waals surface area contributed by atoms with Gasteiger partial charge in [0.05, 0.1) is 0 Å². The first-order valence-corrected chi connectivity index (χ1v) is 5.56. The van der Waals surface area contributed by atoms with Gasteiger partial charge >= 0.3 is 0 Å². The summed E-state index contributed by atoms with van der Waals surface area (Å²) in [6.45, 7) is 2.68. The quantitative estimate of drug-likeness (QED) is 0.326. The van der Waals surface area contributed by atoms with Crippen LogP contribution in [-0.4, -0.2) is 34.2 Å². The highest BCUT2D eigenvalue weighted by atomic mass is 28.2. The summed E-state index contributed by atoms with van der Waals surface area (Å²) in [6.07, 6.45) is 2.34. The van der Waals surface area contributed by atoms with Crippen molar-refractivity contribution in [3.63, 3.8) is 0 Å². The predicted molar refractivity (Wildman–Crippen MR) is 46.7 cm³/mol. The third kappa shape index (κ3) is 8.10. The molecule has 0 atom stereocenters. The maximum Gasteiger partial charge on any atom is 0.156 e. The van der Waals surface area contributed by atoms with Gasteiger partial charge < -0.3 is 15.8 Å². The van der Waals surface area contributed by atoms with E-state index in [2.05, 4.69) is 5.32 Å². The molecule has 4 N–H and O–H groups in total. The van der Waals surface area contributed by atoms with Crippen LogP contribution in [-0.2, 0) is 0 Å². The Morgan fingerprint density at radius 2 is 2.10 bits per heavy atom. The van der Waals surface area contributed by atoms with E-state index < -0.39 is 9.76 Å². The highest BCUT2D eigenvalue weighted by molar-refractivity contribution is 6.25. The molecule has 0 fully saturated rings. The van der Waals surface area contributed by atoms with E-state index in [-0.39, 0.29) is 0 Å². The minimum Gasteiger partial charge on any atom is -0.438 e. The van der Waals surface area contributed by atoms with Crippen LogP contribution in [0.15, 0.2) is 0 Å². The van der Waals surface area contributed by atoms with Crippen LogP contribution in [0.1, 0.15) is 12.8 Å². The molecule has 0 aromatic heterocycles. The van der Waals surface area contributed by atoms with E-state index >= 15 is 0 Å². The van der Waals surface area contributed by atoms with Gasteiger partial charge in [0.2, 0.25) is 0 Å². The summed E-state index contributed by atoms with van der Waals surface area (Å²) in [4.78, 5) is 8.57. The minimum absolute atomic E-state index is 0.678. The normalized spacial score (nSPS) is 11.4. The molecule has 0 heterocycles. The zero-order chi connectivity index (χ0) is 7.66. The third-order valence-corrected chi connectivity index (χ3v) is 2.15. The molecule has 0 aromatic rings. The number of hydrogen-bond donors (Lipinski definition) is 3. The summed E-state index contributed by atoms with van der Waals surface area (Å²) in [6, 6.07) is 1.06. The Labute approximate surface area is 64.9 Å². The van der Waals surface area contributed by atoms with Gasteiger partial charge in [-0.15, -0.1) is 0 Å². The summed E-state index contributed by atoms with van der Waals surface area (Å²) in [5.41, 5.74) is 5.27. The molecule has 62 valence electrons. The molecule has 0 unspecified atom stereocenters. The van der Waals surface area contributed by atoms with Crippen molar-refractivity contribution in [1.29, 1.82) is 0 Å². The molecule has 0 aliphatic heterocycles. The van der Waals surface area contributed by atoms with E-state index in [1.54, 1.807) is 0 Å². The van der Waals surface area contributed by atoms with Gasteiger partial charge in [-0.05, 0) is 19.0 Å². The average Bonchev–Trinajstić information content (AvgIpc) is 1.97. The zero-order valence-electron chi connectivity index (χ0n) is 6.47. The lowest BCUT2D eigenvalue weighted by Gasteiger charge is -2.00. The number of nitrogens with one attached hydrogen (secondary N) is 1. The Kier molecular flexibility index (Phi) is 9.19. The third-order valence-electron chi connectivity index (χ3n) is 1.33. The first kappa shape index (κ1) is 10.1. The molecule has 0 rings (SSSR count). The summed E-state index contributed by atoms with van der Waals surface area (Å²) in [5, 5.41) is 3.20. The molecule has 0 amide bonds. The molecule has 4 heteroatoms. The molecule has 0 saturated carbocycles. The van der Waals surface area contributed by atoms with Crippen molar-refractivity contribution >= 4 is 9.76 Å².